The third-order valence-electron chi connectivity index (χ3n) is 9.76. The number of para-hydroxylation sites is 5. The summed E-state index contributed by atoms with van der Waals surface area (Å²) in [6.07, 6.45) is 0. The number of nitrogens with zero attached hydrogens (tertiary/aromatic N) is 4. The quantitative estimate of drug-likeness (QED) is 0.191. The molecule has 0 amide bonds. The Balaban J connectivity index is 1.10. The Morgan fingerprint density at radius 2 is 1.35 bits per heavy atom. The Labute approximate surface area is 275 Å². The fourth-order valence-electron chi connectivity index (χ4n) is 7.47. The van der Waals surface area contributed by atoms with Crippen molar-refractivity contribution < 1.29 is 9.73 Å². The second kappa shape index (κ2) is 9.91. The maximum Gasteiger partial charge on any atom is 0.316 e. The maximum absolute atomic E-state index is 6.61. The van der Waals surface area contributed by atoms with Crippen LogP contribution in [0, 0.1) is 0 Å². The topological polar surface area (TPSA) is 91.4 Å². The average Bonchev–Trinajstić information content (AvgIpc) is 3.85. The highest BCUT2D eigenvalue weighted by molar-refractivity contribution is 6.10. The van der Waals surface area contributed by atoms with Gasteiger partial charge in [0.15, 0.2) is 5.69 Å². The van der Waals surface area contributed by atoms with Crippen molar-refractivity contribution in [2.45, 2.75) is 19.8 Å². The third kappa shape index (κ3) is 3.85. The molecule has 0 saturated heterocycles. The van der Waals surface area contributed by atoms with Gasteiger partial charge in [0.25, 0.3) is 0 Å². The minimum absolute atomic E-state index is 0.310. The first-order valence-corrected chi connectivity index (χ1v) is 16.3. The van der Waals surface area contributed by atoms with Gasteiger partial charge in [-0.3, -0.25) is 4.57 Å². The van der Waals surface area contributed by atoms with Gasteiger partial charge in [-0.05, 0) is 82.8 Å². The fourth-order valence-corrected chi connectivity index (χ4v) is 7.47. The lowest BCUT2D eigenvalue weighted by molar-refractivity contribution is -0.480. The molecule has 0 radical (unpaired) electrons. The van der Waals surface area contributed by atoms with E-state index in [4.69, 9.17) is 15.1 Å². The number of nitrogens with two attached hydrogens (primary N) is 2. The summed E-state index contributed by atoms with van der Waals surface area (Å²) >= 11 is 0. The molecular formula is C41H31N6O+. The molecule has 0 saturated carbocycles. The van der Waals surface area contributed by atoms with Crippen molar-refractivity contribution in [3.63, 3.8) is 0 Å². The number of quaternary nitrogens is 1. The number of hydrogen-bond donors (Lipinski definition) is 2. The van der Waals surface area contributed by atoms with Gasteiger partial charge in [-0.15, -0.1) is 0 Å². The van der Waals surface area contributed by atoms with Gasteiger partial charge >= 0.3 is 5.95 Å². The number of benzene rings is 6. The molecule has 6 aromatic carbocycles. The van der Waals surface area contributed by atoms with Crippen molar-refractivity contribution in [1.29, 1.82) is 0 Å². The standard InChI is InChI=1S/C41H30N6O/c1-23(2)27-17-14-25(21-36(27)46-34-12-5-3-10-31(34)43-40(46)42)24-16-19-38-30(20-24)29-9-7-8-28(39(29)48-38)26-15-18-33-37(22-26)47-35-13-6-4-11-32(35)44-41(47)45-33/h3-23H,1-2H3,(H2,42,43)(H,44,45)/p+1. The highest BCUT2D eigenvalue weighted by atomic mass is 16.3. The van der Waals surface area contributed by atoms with Crippen molar-refractivity contribution in [3.8, 4) is 33.6 Å². The molecule has 9 aromatic rings. The largest absolute Gasteiger partial charge is 0.455 e. The lowest BCUT2D eigenvalue weighted by Crippen LogP contribution is -2.70. The molecule has 230 valence electrons. The number of hydrogen-bond acceptors (Lipinski definition) is 4. The Morgan fingerprint density at radius 3 is 2.19 bits per heavy atom. The molecular weight excluding hydrogens is 592 g/mol. The van der Waals surface area contributed by atoms with Crippen LogP contribution in [0.2, 0.25) is 0 Å². The van der Waals surface area contributed by atoms with E-state index in [0.717, 1.165) is 83.6 Å². The summed E-state index contributed by atoms with van der Waals surface area (Å²) in [6.45, 7) is 4.43. The Bertz CT molecular complexity index is 2760. The van der Waals surface area contributed by atoms with E-state index in [1.165, 1.54) is 11.3 Å². The van der Waals surface area contributed by atoms with Crippen LogP contribution in [0.3, 0.4) is 0 Å². The smallest absolute Gasteiger partial charge is 0.316 e. The van der Waals surface area contributed by atoms with Gasteiger partial charge in [0.2, 0.25) is 5.95 Å². The van der Waals surface area contributed by atoms with Crippen LogP contribution in [0.4, 0.5) is 17.6 Å². The molecule has 7 heteroatoms. The minimum atomic E-state index is 0.310. The van der Waals surface area contributed by atoms with Gasteiger partial charge in [-0.2, -0.15) is 4.98 Å². The molecule has 10 rings (SSSR count). The van der Waals surface area contributed by atoms with E-state index in [-0.39, 0.29) is 0 Å². The van der Waals surface area contributed by atoms with Gasteiger partial charge in [0, 0.05) is 22.4 Å². The van der Waals surface area contributed by atoms with Crippen molar-refractivity contribution in [2.75, 3.05) is 5.73 Å². The number of rotatable bonds is 4. The number of furan rings is 1. The average molecular weight is 624 g/mol. The summed E-state index contributed by atoms with van der Waals surface area (Å²) < 4.78 is 10.9. The first kappa shape index (κ1) is 27.0. The van der Waals surface area contributed by atoms with Crippen LogP contribution >= 0.6 is 0 Å². The zero-order valence-electron chi connectivity index (χ0n) is 26.5. The Kier molecular flexibility index (Phi) is 5.57. The van der Waals surface area contributed by atoms with E-state index in [0.29, 0.717) is 11.9 Å². The Morgan fingerprint density at radius 1 is 0.646 bits per heavy atom. The monoisotopic (exact) mass is 623 g/mol. The van der Waals surface area contributed by atoms with Gasteiger partial charge < -0.3 is 10.2 Å². The number of aromatic nitrogens is 4. The van der Waals surface area contributed by atoms with Crippen LogP contribution in [0.25, 0.3) is 77.6 Å². The molecule has 3 aromatic heterocycles. The van der Waals surface area contributed by atoms with E-state index in [1.54, 1.807) is 0 Å². The van der Waals surface area contributed by atoms with E-state index in [1.807, 2.05) is 24.3 Å². The van der Waals surface area contributed by atoms with E-state index in [2.05, 4.69) is 130 Å². The molecule has 0 spiro atoms. The van der Waals surface area contributed by atoms with Crippen LogP contribution in [0.1, 0.15) is 25.3 Å². The summed E-state index contributed by atoms with van der Waals surface area (Å²) in [5.41, 5.74) is 21.3. The van der Waals surface area contributed by atoms with E-state index in [9.17, 15) is 0 Å². The van der Waals surface area contributed by atoms with E-state index < -0.39 is 0 Å². The molecule has 4 heterocycles. The lowest BCUT2D eigenvalue weighted by atomic mass is 9.95. The lowest BCUT2D eigenvalue weighted by Gasteiger charge is -2.17. The predicted molar refractivity (Wildman–Crippen MR) is 194 cm³/mol. The van der Waals surface area contributed by atoms with Crippen LogP contribution in [-0.4, -0.2) is 19.1 Å². The van der Waals surface area contributed by atoms with Gasteiger partial charge in [-0.1, -0.05) is 74.5 Å². The second-order valence-electron chi connectivity index (χ2n) is 12.9. The molecule has 48 heavy (non-hydrogen) atoms. The molecule has 4 N–H and O–H groups in total. The van der Waals surface area contributed by atoms with Crippen LogP contribution in [0.15, 0.2) is 126 Å². The second-order valence-corrected chi connectivity index (χ2v) is 12.9. The third-order valence-corrected chi connectivity index (χ3v) is 9.76. The van der Waals surface area contributed by atoms with Crippen molar-refractivity contribution >= 4 is 61.6 Å². The first-order valence-electron chi connectivity index (χ1n) is 16.3. The summed E-state index contributed by atoms with van der Waals surface area (Å²) in [7, 11) is 0. The van der Waals surface area contributed by atoms with Gasteiger partial charge in [-0.25, -0.2) is 14.9 Å². The van der Waals surface area contributed by atoms with Crippen molar-refractivity contribution in [3.05, 3.63) is 127 Å². The van der Waals surface area contributed by atoms with Crippen LogP contribution < -0.4 is 11.1 Å². The summed E-state index contributed by atoms with van der Waals surface area (Å²) in [6, 6.07) is 42.6. The zero-order chi connectivity index (χ0) is 32.1. The molecule has 7 nitrogen and oxygen atoms in total. The predicted octanol–water partition coefficient (Wildman–Crippen LogP) is 9.14. The number of imidazole rings is 2. The summed E-state index contributed by atoms with van der Waals surface area (Å²) in [4.78, 5) is 9.51. The number of nitrogen functional groups attached to an aromatic ring is 1. The van der Waals surface area contributed by atoms with Crippen molar-refractivity contribution in [2.24, 2.45) is 0 Å². The summed E-state index contributed by atoms with van der Waals surface area (Å²) in [5, 5.41) is 4.34. The Hall–Kier alpha value is -6.18. The zero-order valence-corrected chi connectivity index (χ0v) is 26.5. The number of fused-ring (bicyclic) bond motifs is 9. The molecule has 0 bridgehead atoms. The minimum Gasteiger partial charge on any atom is -0.455 e. The maximum atomic E-state index is 6.61. The highest BCUT2D eigenvalue weighted by Gasteiger charge is 2.28. The first-order chi connectivity index (χ1) is 23.5. The molecule has 0 aliphatic carbocycles. The molecule has 1 aliphatic rings. The molecule has 1 aliphatic heterocycles. The highest BCUT2D eigenvalue weighted by Crippen LogP contribution is 2.41. The van der Waals surface area contributed by atoms with Crippen molar-refractivity contribution in [1.82, 2.24) is 19.1 Å². The van der Waals surface area contributed by atoms with Gasteiger partial charge in [0.1, 0.15) is 16.9 Å². The number of anilines is 1. The normalized spacial score (nSPS) is 12.6. The molecule has 0 fully saturated rings. The SMILES string of the molecule is CC(C)c1ccc(-c2ccc3oc4c(-c5ccc6c(c5)-n5c(nc7ccccc75)[NH2+]6)cccc4c3c2)cc1-n1c(N)nc2ccccc21. The van der Waals surface area contributed by atoms with Crippen LogP contribution in [-0.2, 0) is 0 Å². The van der Waals surface area contributed by atoms with Gasteiger partial charge in [0.05, 0.1) is 27.8 Å². The molecule has 0 atom stereocenters. The molecule has 0 unspecified atom stereocenters. The summed E-state index contributed by atoms with van der Waals surface area (Å²) in [5.74, 6) is 1.76. The van der Waals surface area contributed by atoms with Crippen LogP contribution in [0.5, 0.6) is 0 Å². The fraction of sp³-hybridized carbons (Fsp3) is 0.0732. The van der Waals surface area contributed by atoms with E-state index >= 15 is 0 Å².